The van der Waals surface area contributed by atoms with Crippen molar-refractivity contribution in [1.29, 1.82) is 0 Å². The van der Waals surface area contributed by atoms with Crippen LogP contribution in [-0.4, -0.2) is 72.0 Å². The van der Waals surface area contributed by atoms with Crippen LogP contribution in [-0.2, 0) is 16.0 Å². The highest BCUT2D eigenvalue weighted by molar-refractivity contribution is 6.15. The maximum atomic E-state index is 13.8. The lowest BCUT2D eigenvalue weighted by Crippen LogP contribution is -2.73. The van der Waals surface area contributed by atoms with Crippen LogP contribution in [0.3, 0.4) is 0 Å². The number of hydrogen-bond donors (Lipinski definition) is 2. The van der Waals surface area contributed by atoms with E-state index in [-0.39, 0.29) is 17.4 Å². The molecular weight excluding hydrogens is 442 g/mol. The van der Waals surface area contributed by atoms with E-state index in [2.05, 4.69) is 56.7 Å². The molecule has 0 unspecified atom stereocenters. The zero-order chi connectivity index (χ0) is 23.8. The van der Waals surface area contributed by atoms with Crippen LogP contribution < -0.4 is 20.4 Å². The fraction of sp³-hybridized carbons (Fsp3) is 0.538. The van der Waals surface area contributed by atoms with Gasteiger partial charge in [0.1, 0.15) is 11.2 Å². The van der Waals surface area contributed by atoms with Gasteiger partial charge in [0.25, 0.3) is 0 Å². The lowest BCUT2D eigenvalue weighted by atomic mass is 9.48. The highest BCUT2D eigenvalue weighted by atomic mass is 16.2. The minimum absolute atomic E-state index is 0.0701. The Kier molecular flexibility index (Phi) is 4.46. The first-order valence-electron chi connectivity index (χ1n) is 12.8. The molecule has 4 heterocycles. The minimum Gasteiger partial charge on any atom is -0.369 e. The molecule has 2 bridgehead atoms. The van der Waals surface area contributed by atoms with Crippen molar-refractivity contribution < 1.29 is 9.59 Å². The van der Waals surface area contributed by atoms with E-state index >= 15 is 0 Å². The molecule has 3 aliphatic carbocycles. The molecular formula is C26H31N7O2. The van der Waals surface area contributed by atoms with Gasteiger partial charge >= 0.3 is 0 Å². The molecule has 1 spiro atoms. The molecule has 35 heavy (non-hydrogen) atoms. The predicted molar refractivity (Wildman–Crippen MR) is 133 cm³/mol. The lowest BCUT2D eigenvalue weighted by Gasteiger charge is -2.67. The molecule has 5 fully saturated rings. The van der Waals surface area contributed by atoms with Crippen molar-refractivity contribution in [3.8, 4) is 0 Å². The number of benzene rings is 1. The van der Waals surface area contributed by atoms with Crippen LogP contribution in [0, 0.1) is 11.3 Å². The van der Waals surface area contributed by atoms with Crippen molar-refractivity contribution >= 4 is 35.0 Å². The first kappa shape index (κ1) is 21.1. The third kappa shape index (κ3) is 3.10. The molecule has 9 nitrogen and oxygen atoms in total. The first-order valence-corrected chi connectivity index (χ1v) is 12.8. The van der Waals surface area contributed by atoms with E-state index in [4.69, 9.17) is 4.98 Å². The third-order valence-corrected chi connectivity index (χ3v) is 8.90. The third-order valence-electron chi connectivity index (χ3n) is 8.90. The summed E-state index contributed by atoms with van der Waals surface area (Å²) in [5, 5.41) is 6.22. The number of likely N-dealkylation sites (N-methyl/N-ethyl adjacent to an activating group) is 1. The molecule has 182 valence electrons. The molecule has 2 amide bonds. The van der Waals surface area contributed by atoms with E-state index in [9.17, 15) is 9.59 Å². The Hall–Kier alpha value is -3.20. The molecule has 8 rings (SSSR count). The smallest absolute Gasteiger partial charge is 0.244 e. The second-order valence-electron chi connectivity index (χ2n) is 11.1. The van der Waals surface area contributed by atoms with Crippen LogP contribution in [0.25, 0.3) is 0 Å². The summed E-state index contributed by atoms with van der Waals surface area (Å²) in [4.78, 5) is 42.7. The molecule has 2 saturated heterocycles. The number of fused-ring (bicyclic) bond motifs is 1. The van der Waals surface area contributed by atoms with Crippen LogP contribution in [0.1, 0.15) is 31.2 Å². The average Bonchev–Trinajstić information content (AvgIpc) is 3.17. The molecule has 3 saturated carbocycles. The van der Waals surface area contributed by atoms with Crippen molar-refractivity contribution in [2.45, 2.75) is 37.6 Å². The normalized spacial score (nSPS) is 31.6. The molecule has 1 atom stereocenters. The summed E-state index contributed by atoms with van der Waals surface area (Å²) in [5.74, 6) is 1.66. The first-order chi connectivity index (χ1) is 17.0. The van der Waals surface area contributed by atoms with Gasteiger partial charge in [-0.15, -0.1) is 0 Å². The lowest BCUT2D eigenvalue weighted by molar-refractivity contribution is -0.144. The molecule has 3 aliphatic heterocycles. The zero-order valence-corrected chi connectivity index (χ0v) is 20.1. The number of rotatable bonds is 4. The largest absolute Gasteiger partial charge is 0.369 e. The van der Waals surface area contributed by atoms with Crippen LogP contribution in [0.5, 0.6) is 0 Å². The van der Waals surface area contributed by atoms with Gasteiger partial charge < -0.3 is 20.4 Å². The van der Waals surface area contributed by atoms with Gasteiger partial charge in [0.15, 0.2) is 0 Å². The van der Waals surface area contributed by atoms with E-state index in [0.717, 1.165) is 56.7 Å². The Morgan fingerprint density at radius 2 is 1.80 bits per heavy atom. The quantitative estimate of drug-likeness (QED) is 0.656. The number of piperazine rings is 1. The Morgan fingerprint density at radius 1 is 1.06 bits per heavy atom. The Balaban J connectivity index is 1.16. The number of carbonyl (C=O) groups is 2. The molecule has 6 aliphatic rings. The number of amides is 2. The molecule has 1 aromatic heterocycles. The summed E-state index contributed by atoms with van der Waals surface area (Å²) in [6, 6.07) is 8.37. The van der Waals surface area contributed by atoms with E-state index in [1.54, 1.807) is 0 Å². The number of aromatic nitrogens is 2. The Bertz CT molecular complexity index is 1190. The number of hydrogen-bond acceptors (Lipinski definition) is 7. The summed E-state index contributed by atoms with van der Waals surface area (Å²) >= 11 is 0. The van der Waals surface area contributed by atoms with Gasteiger partial charge in [-0.05, 0) is 62.9 Å². The number of nitrogens with zero attached hydrogens (tertiary/aromatic N) is 5. The number of anilines is 4. The highest BCUT2D eigenvalue weighted by Crippen LogP contribution is 2.63. The zero-order valence-electron chi connectivity index (χ0n) is 20.1. The number of nitrogens with one attached hydrogen (secondary N) is 2. The predicted octanol–water partition coefficient (Wildman–Crippen LogP) is 1.92. The SMILES string of the molecule is CN1CCN(c2ccc(Nc3ncc4c(n3)N(C35CC(C3)C5)C(=O)[C@]3(CCNC3=O)C4)cc2)CC1. The molecule has 1 aromatic carbocycles. The second-order valence-corrected chi connectivity index (χ2v) is 11.1. The summed E-state index contributed by atoms with van der Waals surface area (Å²) in [6.45, 7) is 4.76. The van der Waals surface area contributed by atoms with Crippen molar-refractivity contribution in [1.82, 2.24) is 20.2 Å². The van der Waals surface area contributed by atoms with Gasteiger partial charge in [0, 0.05) is 62.3 Å². The Morgan fingerprint density at radius 3 is 2.43 bits per heavy atom. The topological polar surface area (TPSA) is 93.7 Å². The number of carbonyl (C=O) groups excluding carboxylic acids is 2. The fourth-order valence-corrected chi connectivity index (χ4v) is 6.63. The van der Waals surface area contributed by atoms with Crippen molar-refractivity contribution in [3.05, 3.63) is 36.0 Å². The van der Waals surface area contributed by atoms with Crippen LogP contribution in [0.4, 0.5) is 23.1 Å². The van der Waals surface area contributed by atoms with E-state index < -0.39 is 5.41 Å². The van der Waals surface area contributed by atoms with Crippen molar-refractivity contribution in [2.24, 2.45) is 11.3 Å². The van der Waals surface area contributed by atoms with E-state index in [1.165, 1.54) is 5.69 Å². The van der Waals surface area contributed by atoms with Gasteiger partial charge in [-0.25, -0.2) is 4.98 Å². The maximum absolute atomic E-state index is 13.8. The highest BCUT2D eigenvalue weighted by Gasteiger charge is 2.67. The van der Waals surface area contributed by atoms with Gasteiger partial charge in [-0.1, -0.05) is 0 Å². The van der Waals surface area contributed by atoms with E-state index in [1.807, 2.05) is 11.1 Å². The summed E-state index contributed by atoms with van der Waals surface area (Å²) in [7, 11) is 2.16. The summed E-state index contributed by atoms with van der Waals surface area (Å²) < 4.78 is 0. The van der Waals surface area contributed by atoms with Gasteiger partial charge in [0.2, 0.25) is 17.8 Å². The van der Waals surface area contributed by atoms with Crippen molar-refractivity contribution in [2.75, 3.05) is 54.9 Å². The van der Waals surface area contributed by atoms with E-state index in [0.29, 0.717) is 37.1 Å². The standard InChI is InChI=1S/C26H31N7O2/c1-31-8-10-32(11-9-31)20-4-2-19(3-5-20)29-24-28-16-18-15-26(6-7-27-22(26)34)23(35)33(21(18)30-24)25-12-17(13-25)14-25/h2-5,16-17H,6-15H2,1H3,(H,27,34)(H,28,29,30)/t17?,25?,26-/m1/s1. The maximum Gasteiger partial charge on any atom is 0.244 e. The molecule has 0 radical (unpaired) electrons. The summed E-state index contributed by atoms with van der Waals surface area (Å²) in [6.07, 6.45) is 5.76. The minimum atomic E-state index is -1.00. The summed E-state index contributed by atoms with van der Waals surface area (Å²) in [5.41, 5.74) is 1.86. The van der Waals surface area contributed by atoms with Crippen molar-refractivity contribution in [3.63, 3.8) is 0 Å². The monoisotopic (exact) mass is 473 g/mol. The van der Waals surface area contributed by atoms with Crippen LogP contribution in [0.2, 0.25) is 0 Å². The van der Waals surface area contributed by atoms with Gasteiger partial charge in [-0.3, -0.25) is 14.5 Å². The fourth-order valence-electron chi connectivity index (χ4n) is 6.63. The van der Waals surface area contributed by atoms with Gasteiger partial charge in [-0.2, -0.15) is 4.98 Å². The average molecular weight is 474 g/mol. The van der Waals surface area contributed by atoms with Crippen LogP contribution >= 0.6 is 0 Å². The molecule has 9 heteroatoms. The second kappa shape index (κ2) is 7.40. The van der Waals surface area contributed by atoms with Crippen LogP contribution in [0.15, 0.2) is 30.5 Å². The Labute approximate surface area is 204 Å². The van der Waals surface area contributed by atoms with Gasteiger partial charge in [0.05, 0.1) is 5.54 Å². The molecule has 2 aromatic rings. The molecule has 2 N–H and O–H groups in total.